The summed E-state index contributed by atoms with van der Waals surface area (Å²) < 4.78 is 3.65. The molecule has 0 spiro atoms. The normalized spacial score (nSPS) is 12.7. The fourth-order valence-corrected chi connectivity index (χ4v) is 1.15. The van der Waals surface area contributed by atoms with Crippen LogP contribution in [0.25, 0.3) is 0 Å². The van der Waals surface area contributed by atoms with Crippen LogP contribution in [-0.4, -0.2) is 33.2 Å². The number of amides is 1. The van der Waals surface area contributed by atoms with E-state index in [-0.39, 0.29) is 6.54 Å². The summed E-state index contributed by atoms with van der Waals surface area (Å²) in [5.74, 6) is -0.732. The average Bonchev–Trinajstić information content (AvgIpc) is 2.56. The number of primary amides is 1. The number of carbonyl (C=O) groups excluding carboxylic acids is 1. The molecule has 13 heavy (non-hydrogen) atoms. The number of carbonyl (C=O) groups is 1. The Bertz CT molecular complexity index is 264. The van der Waals surface area contributed by atoms with E-state index in [1.165, 1.54) is 11.5 Å². The molecule has 0 aliphatic carbocycles. The molecule has 0 aliphatic rings. The van der Waals surface area contributed by atoms with Crippen molar-refractivity contribution in [1.82, 2.24) is 14.9 Å². The SMILES string of the molecule is NC(=O)C(O)CNCc1csnn1. The molecule has 72 valence electrons. The highest BCUT2D eigenvalue weighted by atomic mass is 32.1. The Morgan fingerprint density at radius 2 is 2.62 bits per heavy atom. The highest BCUT2D eigenvalue weighted by Gasteiger charge is 2.09. The van der Waals surface area contributed by atoms with Gasteiger partial charge in [-0.3, -0.25) is 4.79 Å². The lowest BCUT2D eigenvalue weighted by Crippen LogP contribution is -2.37. The first-order chi connectivity index (χ1) is 6.20. The minimum Gasteiger partial charge on any atom is -0.382 e. The van der Waals surface area contributed by atoms with E-state index in [1.54, 1.807) is 5.38 Å². The monoisotopic (exact) mass is 202 g/mol. The number of hydrogen-bond donors (Lipinski definition) is 3. The van der Waals surface area contributed by atoms with Gasteiger partial charge in [0, 0.05) is 18.5 Å². The van der Waals surface area contributed by atoms with Gasteiger partial charge in [0.1, 0.15) is 6.10 Å². The van der Waals surface area contributed by atoms with Crippen LogP contribution in [0.15, 0.2) is 5.38 Å². The Labute approximate surface area is 78.9 Å². The Kier molecular flexibility index (Phi) is 3.74. The third kappa shape index (κ3) is 3.45. The average molecular weight is 202 g/mol. The molecule has 4 N–H and O–H groups in total. The zero-order valence-corrected chi connectivity index (χ0v) is 7.62. The van der Waals surface area contributed by atoms with Gasteiger partial charge in [0.15, 0.2) is 0 Å². The van der Waals surface area contributed by atoms with Gasteiger partial charge < -0.3 is 16.2 Å². The predicted molar refractivity (Wildman–Crippen MR) is 46.8 cm³/mol. The fourth-order valence-electron chi connectivity index (χ4n) is 0.699. The second-order valence-electron chi connectivity index (χ2n) is 2.45. The van der Waals surface area contributed by atoms with Crippen molar-refractivity contribution >= 4 is 17.4 Å². The van der Waals surface area contributed by atoms with Gasteiger partial charge >= 0.3 is 0 Å². The summed E-state index contributed by atoms with van der Waals surface area (Å²) in [4.78, 5) is 10.4. The molecule has 1 aromatic heterocycles. The van der Waals surface area contributed by atoms with E-state index in [1.807, 2.05) is 0 Å². The van der Waals surface area contributed by atoms with Crippen LogP contribution in [-0.2, 0) is 11.3 Å². The summed E-state index contributed by atoms with van der Waals surface area (Å²) in [6, 6.07) is 0. The van der Waals surface area contributed by atoms with Crippen molar-refractivity contribution in [3.8, 4) is 0 Å². The van der Waals surface area contributed by atoms with Gasteiger partial charge in [0.25, 0.3) is 0 Å². The largest absolute Gasteiger partial charge is 0.382 e. The lowest BCUT2D eigenvalue weighted by molar-refractivity contribution is -0.125. The van der Waals surface area contributed by atoms with Crippen LogP contribution in [0.1, 0.15) is 5.69 Å². The Balaban J connectivity index is 2.18. The van der Waals surface area contributed by atoms with Gasteiger partial charge in [-0.25, -0.2) is 0 Å². The molecule has 1 rings (SSSR count). The summed E-state index contributed by atoms with van der Waals surface area (Å²) in [5.41, 5.74) is 5.62. The molecule has 7 heteroatoms. The zero-order chi connectivity index (χ0) is 9.68. The molecule has 1 atom stereocenters. The molecule has 6 nitrogen and oxygen atoms in total. The molecule has 1 aromatic rings. The quantitative estimate of drug-likeness (QED) is 0.538. The highest BCUT2D eigenvalue weighted by Crippen LogP contribution is 1.95. The summed E-state index contributed by atoms with van der Waals surface area (Å²) in [7, 11) is 0. The van der Waals surface area contributed by atoms with Gasteiger partial charge in [-0.15, -0.1) is 5.10 Å². The second-order valence-corrected chi connectivity index (χ2v) is 3.06. The highest BCUT2D eigenvalue weighted by molar-refractivity contribution is 7.03. The Morgan fingerprint density at radius 1 is 1.85 bits per heavy atom. The third-order valence-corrected chi connectivity index (χ3v) is 1.93. The third-order valence-electron chi connectivity index (χ3n) is 1.38. The van der Waals surface area contributed by atoms with E-state index in [0.717, 1.165) is 5.69 Å². The number of hydrogen-bond acceptors (Lipinski definition) is 6. The lowest BCUT2D eigenvalue weighted by Gasteiger charge is -2.05. The molecule has 1 unspecified atom stereocenters. The predicted octanol–water partition coefficient (Wildman–Crippen LogP) is -1.53. The molecule has 1 heterocycles. The minimum absolute atomic E-state index is 0.132. The van der Waals surface area contributed by atoms with Crippen molar-refractivity contribution < 1.29 is 9.90 Å². The first kappa shape index (κ1) is 10.0. The Morgan fingerprint density at radius 3 is 3.15 bits per heavy atom. The van der Waals surface area contributed by atoms with Crippen LogP contribution < -0.4 is 11.1 Å². The van der Waals surface area contributed by atoms with E-state index in [4.69, 9.17) is 10.8 Å². The van der Waals surface area contributed by atoms with Crippen LogP contribution in [0.5, 0.6) is 0 Å². The molecular formula is C6H10N4O2S. The van der Waals surface area contributed by atoms with Crippen molar-refractivity contribution in [1.29, 1.82) is 0 Å². The van der Waals surface area contributed by atoms with Crippen LogP contribution >= 0.6 is 11.5 Å². The molecule has 0 saturated carbocycles. The summed E-state index contributed by atoms with van der Waals surface area (Å²) in [5, 5.41) is 17.4. The van der Waals surface area contributed by atoms with Gasteiger partial charge in [-0.1, -0.05) is 4.49 Å². The van der Waals surface area contributed by atoms with Crippen molar-refractivity contribution in [2.75, 3.05) is 6.54 Å². The summed E-state index contributed by atoms with van der Waals surface area (Å²) in [6.45, 7) is 0.605. The number of rotatable bonds is 5. The smallest absolute Gasteiger partial charge is 0.247 e. The standard InChI is InChI=1S/C6H10N4O2S/c7-6(12)5(11)2-8-1-4-3-13-10-9-4/h3,5,8,11H,1-2H2,(H2,7,12). The molecule has 0 fully saturated rings. The van der Waals surface area contributed by atoms with Crippen LogP contribution in [0.3, 0.4) is 0 Å². The topological polar surface area (TPSA) is 101 Å². The maximum absolute atomic E-state index is 10.4. The molecule has 0 bridgehead atoms. The first-order valence-electron chi connectivity index (χ1n) is 3.64. The van der Waals surface area contributed by atoms with E-state index in [9.17, 15) is 4.79 Å². The molecule has 1 amide bonds. The van der Waals surface area contributed by atoms with Crippen molar-refractivity contribution in [3.05, 3.63) is 11.1 Å². The van der Waals surface area contributed by atoms with Gasteiger partial charge in [0.05, 0.1) is 5.69 Å². The number of nitrogens with two attached hydrogens (primary N) is 1. The van der Waals surface area contributed by atoms with E-state index in [0.29, 0.717) is 6.54 Å². The Hall–Kier alpha value is -1.05. The maximum Gasteiger partial charge on any atom is 0.247 e. The van der Waals surface area contributed by atoms with Crippen molar-refractivity contribution in [2.45, 2.75) is 12.6 Å². The van der Waals surface area contributed by atoms with Gasteiger partial charge in [0.2, 0.25) is 5.91 Å². The minimum atomic E-state index is -1.15. The first-order valence-corrected chi connectivity index (χ1v) is 4.48. The maximum atomic E-state index is 10.4. The number of aliphatic hydroxyl groups is 1. The lowest BCUT2D eigenvalue weighted by atomic mass is 10.3. The van der Waals surface area contributed by atoms with Crippen molar-refractivity contribution in [2.24, 2.45) is 5.73 Å². The molecule has 0 saturated heterocycles. The number of aromatic nitrogens is 2. The van der Waals surface area contributed by atoms with Gasteiger partial charge in [-0.2, -0.15) is 0 Å². The van der Waals surface area contributed by atoms with Gasteiger partial charge in [-0.05, 0) is 11.5 Å². The zero-order valence-electron chi connectivity index (χ0n) is 6.80. The number of aliphatic hydroxyl groups excluding tert-OH is 1. The van der Waals surface area contributed by atoms with E-state index >= 15 is 0 Å². The van der Waals surface area contributed by atoms with Crippen LogP contribution in [0.2, 0.25) is 0 Å². The number of nitrogens with zero attached hydrogens (tertiary/aromatic N) is 2. The van der Waals surface area contributed by atoms with Crippen molar-refractivity contribution in [3.63, 3.8) is 0 Å². The number of nitrogens with one attached hydrogen (secondary N) is 1. The van der Waals surface area contributed by atoms with Crippen LogP contribution in [0.4, 0.5) is 0 Å². The molecule has 0 aromatic carbocycles. The molecule has 0 aliphatic heterocycles. The fraction of sp³-hybridized carbons (Fsp3) is 0.500. The second kappa shape index (κ2) is 4.85. The van der Waals surface area contributed by atoms with Crippen LogP contribution in [0, 0.1) is 0 Å². The summed E-state index contributed by atoms with van der Waals surface area (Å²) >= 11 is 1.25. The van der Waals surface area contributed by atoms with E-state index in [2.05, 4.69) is 14.9 Å². The van der Waals surface area contributed by atoms with E-state index < -0.39 is 12.0 Å². The molecule has 0 radical (unpaired) electrons. The summed E-state index contributed by atoms with van der Waals surface area (Å²) in [6.07, 6.45) is -1.15. The molecular weight excluding hydrogens is 192 g/mol.